The first-order valence-corrected chi connectivity index (χ1v) is 17.7. The van der Waals surface area contributed by atoms with Crippen molar-refractivity contribution in [2.75, 3.05) is 0 Å². The Hall–Kier alpha value is -6.06. The molecule has 238 valence electrons. The van der Waals surface area contributed by atoms with Crippen LogP contribution >= 0.6 is 0 Å². The van der Waals surface area contributed by atoms with E-state index >= 15 is 0 Å². The lowest BCUT2D eigenvalue weighted by Gasteiger charge is -2.31. The van der Waals surface area contributed by atoms with Gasteiger partial charge in [0, 0.05) is 38.2 Å². The zero-order valence-corrected chi connectivity index (χ0v) is 27.7. The highest BCUT2D eigenvalue weighted by molar-refractivity contribution is 6.11. The summed E-state index contributed by atoms with van der Waals surface area (Å²) < 4.78 is 0. The topological polar surface area (TPSA) is 37.8 Å². The van der Waals surface area contributed by atoms with Gasteiger partial charge in [0.25, 0.3) is 0 Å². The van der Waals surface area contributed by atoms with E-state index in [9.17, 15) is 0 Å². The van der Waals surface area contributed by atoms with Crippen molar-refractivity contribution in [2.24, 2.45) is 0 Å². The van der Waals surface area contributed by atoms with Crippen molar-refractivity contribution in [1.29, 1.82) is 0 Å². The number of hydrogen-bond acceptors (Lipinski definition) is 3. The molecule has 2 aromatic heterocycles. The summed E-state index contributed by atoms with van der Waals surface area (Å²) in [6, 6.07) is 46.0. The van der Waals surface area contributed by atoms with Gasteiger partial charge in [0.1, 0.15) is 0 Å². The maximum Gasteiger partial charge on any atom is 0.0788 e. The zero-order valence-electron chi connectivity index (χ0n) is 27.7. The molecule has 3 nitrogen and oxygen atoms in total. The number of rotatable bonds is 4. The molecule has 1 aliphatic heterocycles. The molecular weight excluding hydrogens is 607 g/mol. The van der Waals surface area contributed by atoms with Crippen LogP contribution in [0, 0.1) is 0 Å². The quantitative estimate of drug-likeness (QED) is 0.195. The van der Waals surface area contributed by atoms with Gasteiger partial charge in [-0.1, -0.05) is 140 Å². The van der Waals surface area contributed by atoms with Gasteiger partial charge in [-0.05, 0) is 70.5 Å². The van der Waals surface area contributed by atoms with Crippen molar-refractivity contribution >= 4 is 49.3 Å². The van der Waals surface area contributed by atoms with Crippen LogP contribution in [-0.2, 0) is 0 Å². The van der Waals surface area contributed by atoms with E-state index < -0.39 is 0 Å². The number of para-hydroxylation sites is 1. The molecule has 0 saturated heterocycles. The van der Waals surface area contributed by atoms with Crippen molar-refractivity contribution in [3.63, 3.8) is 0 Å². The lowest BCUT2D eigenvalue weighted by Crippen LogP contribution is -2.46. The fraction of sp³-hybridized carbons (Fsp3) is 0.106. The first-order valence-electron chi connectivity index (χ1n) is 17.7. The van der Waals surface area contributed by atoms with Crippen LogP contribution in [0.5, 0.6) is 0 Å². The molecule has 1 atom stereocenters. The maximum absolute atomic E-state index is 5.37. The molecule has 3 heterocycles. The molecule has 2 aliphatic carbocycles. The molecule has 5 aromatic carbocycles. The molecule has 0 saturated carbocycles. The number of pyridine rings is 2. The normalized spacial score (nSPS) is 16.9. The van der Waals surface area contributed by atoms with Crippen molar-refractivity contribution in [3.8, 4) is 22.5 Å². The Labute approximate surface area is 291 Å². The third-order valence-electron chi connectivity index (χ3n) is 10.7. The average Bonchev–Trinajstić information content (AvgIpc) is 3.20. The lowest BCUT2D eigenvalue weighted by molar-refractivity contribution is 0.647. The van der Waals surface area contributed by atoms with E-state index in [2.05, 4.69) is 157 Å². The molecule has 7 aromatic rings. The van der Waals surface area contributed by atoms with E-state index in [0.29, 0.717) is 6.04 Å². The van der Waals surface area contributed by atoms with Crippen LogP contribution in [0.25, 0.3) is 71.8 Å². The number of fused-ring (bicyclic) bond motifs is 6. The monoisotopic (exact) mass is 641 g/mol. The van der Waals surface area contributed by atoms with Crippen LogP contribution in [0.3, 0.4) is 0 Å². The molecule has 3 heteroatoms. The second kappa shape index (κ2) is 11.8. The summed E-state index contributed by atoms with van der Waals surface area (Å²) in [6.07, 6.45) is 13.4. The number of nitrogens with zero attached hydrogens (tertiary/aromatic N) is 2. The number of allylic oxidation sites excluding steroid dienone is 4. The maximum atomic E-state index is 5.37. The van der Waals surface area contributed by atoms with Crippen molar-refractivity contribution in [1.82, 2.24) is 15.3 Å². The smallest absolute Gasteiger partial charge is 0.0788 e. The Bertz CT molecular complexity index is 2730. The van der Waals surface area contributed by atoms with Gasteiger partial charge in [-0.3, -0.25) is 0 Å². The molecular formula is C47H35N3. The second-order valence-corrected chi connectivity index (χ2v) is 13.6. The summed E-state index contributed by atoms with van der Waals surface area (Å²) in [4.78, 5) is 10.5. The highest BCUT2D eigenvalue weighted by Gasteiger charge is 2.24. The minimum absolute atomic E-state index is 0.378. The average molecular weight is 642 g/mol. The fourth-order valence-electron chi connectivity index (χ4n) is 8.20. The summed E-state index contributed by atoms with van der Waals surface area (Å²) in [5.41, 5.74) is 11.7. The van der Waals surface area contributed by atoms with Gasteiger partial charge in [-0.25, -0.2) is 9.97 Å². The summed E-state index contributed by atoms with van der Waals surface area (Å²) in [6.45, 7) is 0. The summed E-state index contributed by atoms with van der Waals surface area (Å²) in [7, 11) is 0. The second-order valence-electron chi connectivity index (χ2n) is 13.6. The van der Waals surface area contributed by atoms with E-state index in [0.717, 1.165) is 64.8 Å². The standard InChI is InChI=1S/C47H35N3/c1-2-12-35-34(11-1)29-44(30-21-23-32(24-22-30)46-40-17-5-3-13-36(40)38-15-7-9-19-42(38)48-46)50-45(35)31-25-27-33(28-26-31)47-41-18-6-4-14-37(41)39-16-8-10-20-43(39)49-47/h1-8,10-18,20-21,23,25-29,42,48H,9,19,22,24H2. The highest BCUT2D eigenvalue weighted by atomic mass is 14.9. The van der Waals surface area contributed by atoms with Crippen LogP contribution in [0.1, 0.15) is 31.4 Å². The third kappa shape index (κ3) is 4.81. The highest BCUT2D eigenvalue weighted by Crippen LogP contribution is 2.37. The van der Waals surface area contributed by atoms with E-state index in [1.54, 1.807) is 0 Å². The predicted molar refractivity (Wildman–Crippen MR) is 209 cm³/mol. The van der Waals surface area contributed by atoms with E-state index in [1.807, 2.05) is 0 Å². The van der Waals surface area contributed by atoms with Gasteiger partial charge in [-0.15, -0.1) is 0 Å². The Morgan fingerprint density at radius 1 is 0.560 bits per heavy atom. The Morgan fingerprint density at radius 3 is 2.00 bits per heavy atom. The molecule has 10 rings (SSSR count). The molecule has 0 bridgehead atoms. The lowest BCUT2D eigenvalue weighted by atomic mass is 9.87. The van der Waals surface area contributed by atoms with Gasteiger partial charge < -0.3 is 5.32 Å². The van der Waals surface area contributed by atoms with Crippen LogP contribution in [0.15, 0.2) is 157 Å². The number of nitrogens with one attached hydrogen (secondary N) is 1. The molecule has 0 fully saturated rings. The van der Waals surface area contributed by atoms with E-state index in [1.165, 1.54) is 54.4 Å². The number of benzene rings is 5. The molecule has 0 spiro atoms. The van der Waals surface area contributed by atoms with Gasteiger partial charge in [-0.2, -0.15) is 0 Å². The zero-order chi connectivity index (χ0) is 33.0. The van der Waals surface area contributed by atoms with Crippen LogP contribution in [0.4, 0.5) is 0 Å². The molecule has 0 amide bonds. The summed E-state index contributed by atoms with van der Waals surface area (Å²) in [5, 5.41) is 12.6. The molecule has 3 aliphatic rings. The van der Waals surface area contributed by atoms with Crippen LogP contribution < -0.4 is 15.8 Å². The third-order valence-corrected chi connectivity index (χ3v) is 10.7. The Kier molecular flexibility index (Phi) is 6.83. The van der Waals surface area contributed by atoms with Gasteiger partial charge >= 0.3 is 0 Å². The number of hydrogen-bond donors (Lipinski definition) is 1. The van der Waals surface area contributed by atoms with Crippen molar-refractivity contribution in [3.05, 3.63) is 173 Å². The predicted octanol–water partition coefficient (Wildman–Crippen LogP) is 9.65. The summed E-state index contributed by atoms with van der Waals surface area (Å²) >= 11 is 0. The minimum atomic E-state index is 0.378. The Balaban J connectivity index is 1.04. The first-order chi connectivity index (χ1) is 24.8. The largest absolute Gasteiger partial charge is 0.377 e. The van der Waals surface area contributed by atoms with Crippen molar-refractivity contribution in [2.45, 2.75) is 31.7 Å². The van der Waals surface area contributed by atoms with E-state index in [-0.39, 0.29) is 0 Å². The van der Waals surface area contributed by atoms with E-state index in [4.69, 9.17) is 9.97 Å². The fourth-order valence-corrected chi connectivity index (χ4v) is 8.20. The SMILES string of the molecule is C1=CC2=c3ccccc3=C(C3=CC=C(c4cc5ccccc5c(-c5ccc(-c6nc7ccccc7c7ccccc67)cc5)n4)CC3)NC2CC1. The molecule has 1 unspecified atom stereocenters. The van der Waals surface area contributed by atoms with Gasteiger partial charge in [0.2, 0.25) is 0 Å². The summed E-state index contributed by atoms with van der Waals surface area (Å²) in [5.74, 6) is 0. The van der Waals surface area contributed by atoms with Crippen LogP contribution in [0.2, 0.25) is 0 Å². The van der Waals surface area contributed by atoms with Gasteiger partial charge in [0.05, 0.1) is 28.6 Å². The molecule has 0 radical (unpaired) electrons. The minimum Gasteiger partial charge on any atom is -0.377 e. The molecule has 1 N–H and O–H groups in total. The Morgan fingerprint density at radius 2 is 1.20 bits per heavy atom. The van der Waals surface area contributed by atoms with Gasteiger partial charge in [0.15, 0.2) is 0 Å². The van der Waals surface area contributed by atoms with Crippen LogP contribution in [-0.4, -0.2) is 16.0 Å². The number of aromatic nitrogens is 2. The first kappa shape index (κ1) is 28.9. The van der Waals surface area contributed by atoms with Crippen molar-refractivity contribution < 1.29 is 0 Å². The molecule has 50 heavy (non-hydrogen) atoms.